The van der Waals surface area contributed by atoms with Crippen LogP contribution in [0.4, 0.5) is 0 Å². The van der Waals surface area contributed by atoms with Gasteiger partial charge in [-0.15, -0.1) is 0 Å². The highest BCUT2D eigenvalue weighted by atomic mass is 16.5. The van der Waals surface area contributed by atoms with Gasteiger partial charge in [0.1, 0.15) is 5.82 Å². The van der Waals surface area contributed by atoms with Gasteiger partial charge >= 0.3 is 0 Å². The van der Waals surface area contributed by atoms with E-state index in [2.05, 4.69) is 15.3 Å². The molecule has 112 valence electrons. The second kappa shape index (κ2) is 6.99. The molecule has 1 aromatic heterocycles. The van der Waals surface area contributed by atoms with E-state index >= 15 is 0 Å². The fraction of sp³-hybridized carbons (Fsp3) is 0.733. The molecule has 0 bridgehead atoms. The molecular formula is C15H25N3O2. The van der Waals surface area contributed by atoms with Crippen molar-refractivity contribution in [1.29, 1.82) is 0 Å². The summed E-state index contributed by atoms with van der Waals surface area (Å²) < 4.78 is 5.59. The summed E-state index contributed by atoms with van der Waals surface area (Å²) >= 11 is 0. The lowest BCUT2D eigenvalue weighted by atomic mass is 10.1. The quantitative estimate of drug-likeness (QED) is 0.713. The van der Waals surface area contributed by atoms with Crippen molar-refractivity contribution in [1.82, 2.24) is 15.3 Å². The summed E-state index contributed by atoms with van der Waals surface area (Å²) in [6.45, 7) is 8.23. The molecule has 1 aliphatic carbocycles. The molecule has 0 aliphatic heterocycles. The largest absolute Gasteiger partial charge is 0.381 e. The van der Waals surface area contributed by atoms with Crippen molar-refractivity contribution in [3.05, 3.63) is 27.4 Å². The first-order valence-corrected chi connectivity index (χ1v) is 7.46. The van der Waals surface area contributed by atoms with Crippen LogP contribution in [0, 0.1) is 19.8 Å². The fourth-order valence-corrected chi connectivity index (χ4v) is 2.38. The van der Waals surface area contributed by atoms with Crippen LogP contribution in [0.1, 0.15) is 49.3 Å². The van der Waals surface area contributed by atoms with E-state index in [1.165, 1.54) is 12.8 Å². The molecular weight excluding hydrogens is 254 g/mol. The van der Waals surface area contributed by atoms with Gasteiger partial charge in [-0.3, -0.25) is 4.79 Å². The average molecular weight is 279 g/mol. The standard InChI is InChI=1S/C15H25N3O2/c1-10(14-11(2)17-12(3)18-15(14)19)16-7-4-8-20-9-13-5-6-13/h10,13,16H,4-9H2,1-3H3,(H,17,18,19). The zero-order valence-corrected chi connectivity index (χ0v) is 12.7. The number of aromatic nitrogens is 2. The summed E-state index contributed by atoms with van der Waals surface area (Å²) in [6.07, 6.45) is 3.63. The second-order valence-corrected chi connectivity index (χ2v) is 5.70. The van der Waals surface area contributed by atoms with Gasteiger partial charge in [0.25, 0.3) is 5.56 Å². The van der Waals surface area contributed by atoms with Gasteiger partial charge < -0.3 is 15.0 Å². The average Bonchev–Trinajstić information content (AvgIpc) is 3.16. The van der Waals surface area contributed by atoms with Crippen LogP contribution in [0.15, 0.2) is 4.79 Å². The lowest BCUT2D eigenvalue weighted by molar-refractivity contribution is 0.121. The Bertz CT molecular complexity index is 494. The summed E-state index contributed by atoms with van der Waals surface area (Å²) in [5, 5.41) is 3.36. The molecule has 0 spiro atoms. The van der Waals surface area contributed by atoms with Crippen LogP contribution in [-0.4, -0.2) is 29.7 Å². The van der Waals surface area contributed by atoms with Gasteiger partial charge in [-0.1, -0.05) is 0 Å². The van der Waals surface area contributed by atoms with E-state index < -0.39 is 0 Å². The van der Waals surface area contributed by atoms with Crippen molar-refractivity contribution >= 4 is 0 Å². The van der Waals surface area contributed by atoms with Crippen molar-refractivity contribution < 1.29 is 4.74 Å². The number of H-pyrrole nitrogens is 1. The number of rotatable bonds is 8. The van der Waals surface area contributed by atoms with Gasteiger partial charge in [0.2, 0.25) is 0 Å². The minimum absolute atomic E-state index is 0.00952. The van der Waals surface area contributed by atoms with Crippen LogP contribution in [0.25, 0.3) is 0 Å². The maximum absolute atomic E-state index is 12.0. The monoisotopic (exact) mass is 279 g/mol. The normalized spacial score (nSPS) is 16.4. The molecule has 1 atom stereocenters. The molecule has 0 saturated heterocycles. The molecule has 5 heteroatoms. The summed E-state index contributed by atoms with van der Waals surface area (Å²) in [6, 6.07) is 0.00952. The van der Waals surface area contributed by atoms with Gasteiger partial charge in [-0.25, -0.2) is 4.98 Å². The summed E-state index contributed by atoms with van der Waals surface area (Å²) in [5.41, 5.74) is 1.49. The minimum Gasteiger partial charge on any atom is -0.381 e. The van der Waals surface area contributed by atoms with Crippen LogP contribution >= 0.6 is 0 Å². The van der Waals surface area contributed by atoms with E-state index in [0.29, 0.717) is 5.82 Å². The Kier molecular flexibility index (Phi) is 5.31. The lowest BCUT2D eigenvalue weighted by Crippen LogP contribution is -2.29. The summed E-state index contributed by atoms with van der Waals surface area (Å²) in [7, 11) is 0. The van der Waals surface area contributed by atoms with Crippen LogP contribution in [-0.2, 0) is 4.74 Å². The molecule has 1 unspecified atom stereocenters. The molecule has 1 saturated carbocycles. The zero-order valence-electron chi connectivity index (χ0n) is 12.7. The molecule has 0 aromatic carbocycles. The third-order valence-electron chi connectivity index (χ3n) is 3.66. The van der Waals surface area contributed by atoms with Crippen molar-refractivity contribution in [2.45, 2.75) is 46.1 Å². The van der Waals surface area contributed by atoms with E-state index in [9.17, 15) is 4.79 Å². The predicted molar refractivity (Wildman–Crippen MR) is 78.9 cm³/mol. The minimum atomic E-state index is -0.0417. The topological polar surface area (TPSA) is 67.0 Å². The molecule has 5 nitrogen and oxygen atoms in total. The van der Waals surface area contributed by atoms with Crippen molar-refractivity contribution in [2.75, 3.05) is 19.8 Å². The number of hydrogen-bond donors (Lipinski definition) is 2. The van der Waals surface area contributed by atoms with Gasteiger partial charge in [0.15, 0.2) is 0 Å². The van der Waals surface area contributed by atoms with Crippen LogP contribution in [0.2, 0.25) is 0 Å². The number of aromatic amines is 1. The van der Waals surface area contributed by atoms with E-state index in [1.807, 2.05) is 13.8 Å². The van der Waals surface area contributed by atoms with Crippen LogP contribution in [0.3, 0.4) is 0 Å². The Morgan fingerprint density at radius 1 is 1.45 bits per heavy atom. The molecule has 0 amide bonds. The lowest BCUT2D eigenvalue weighted by Gasteiger charge is -2.15. The van der Waals surface area contributed by atoms with Crippen molar-refractivity contribution in [3.63, 3.8) is 0 Å². The molecule has 0 radical (unpaired) electrons. The van der Waals surface area contributed by atoms with E-state index in [4.69, 9.17) is 4.74 Å². The predicted octanol–water partition coefficient (Wildman–Crippen LogP) is 1.85. The van der Waals surface area contributed by atoms with Gasteiger partial charge in [-0.05, 0) is 52.5 Å². The summed E-state index contributed by atoms with van der Waals surface area (Å²) in [4.78, 5) is 19.0. The highest BCUT2D eigenvalue weighted by Crippen LogP contribution is 2.28. The Hall–Kier alpha value is -1.20. The van der Waals surface area contributed by atoms with Gasteiger partial charge in [0, 0.05) is 24.9 Å². The Morgan fingerprint density at radius 2 is 2.20 bits per heavy atom. The van der Waals surface area contributed by atoms with E-state index in [0.717, 1.165) is 43.4 Å². The first-order chi connectivity index (χ1) is 9.58. The number of nitrogens with one attached hydrogen (secondary N) is 2. The van der Waals surface area contributed by atoms with Crippen LogP contribution < -0.4 is 10.9 Å². The molecule has 1 fully saturated rings. The number of nitrogens with zero attached hydrogens (tertiary/aromatic N) is 1. The molecule has 2 N–H and O–H groups in total. The van der Waals surface area contributed by atoms with Crippen molar-refractivity contribution in [3.8, 4) is 0 Å². The maximum atomic E-state index is 12.0. The van der Waals surface area contributed by atoms with E-state index in [-0.39, 0.29) is 11.6 Å². The van der Waals surface area contributed by atoms with Gasteiger partial charge in [0.05, 0.1) is 5.56 Å². The third-order valence-corrected chi connectivity index (χ3v) is 3.66. The first kappa shape index (κ1) is 15.2. The Labute approximate surface area is 120 Å². The second-order valence-electron chi connectivity index (χ2n) is 5.70. The number of aryl methyl sites for hydroxylation is 2. The molecule has 20 heavy (non-hydrogen) atoms. The maximum Gasteiger partial charge on any atom is 0.255 e. The highest BCUT2D eigenvalue weighted by Gasteiger charge is 2.20. The molecule has 2 rings (SSSR count). The zero-order chi connectivity index (χ0) is 14.5. The highest BCUT2D eigenvalue weighted by molar-refractivity contribution is 5.19. The number of ether oxygens (including phenoxy) is 1. The first-order valence-electron chi connectivity index (χ1n) is 7.46. The molecule has 1 aromatic rings. The Morgan fingerprint density at radius 3 is 2.85 bits per heavy atom. The third kappa shape index (κ3) is 4.42. The summed E-state index contributed by atoms with van der Waals surface area (Å²) in [5.74, 6) is 1.48. The SMILES string of the molecule is Cc1nc(C)c(C(C)NCCCOCC2CC2)c(=O)[nH]1. The van der Waals surface area contributed by atoms with Crippen molar-refractivity contribution in [2.24, 2.45) is 5.92 Å². The van der Waals surface area contributed by atoms with E-state index in [1.54, 1.807) is 6.92 Å². The number of hydrogen-bond acceptors (Lipinski definition) is 4. The smallest absolute Gasteiger partial charge is 0.255 e. The molecule has 1 aliphatic rings. The van der Waals surface area contributed by atoms with Crippen LogP contribution in [0.5, 0.6) is 0 Å². The Balaban J connectivity index is 1.73. The fourth-order valence-electron chi connectivity index (χ4n) is 2.38. The van der Waals surface area contributed by atoms with Gasteiger partial charge in [-0.2, -0.15) is 0 Å². The molecule has 1 heterocycles.